The van der Waals surface area contributed by atoms with Gasteiger partial charge in [-0.25, -0.2) is 9.13 Å². The standard InChI is InChI=1S/C8H20O9P2/c1-13-18(11,15-7-3-5-9)17-19(12,14-2)16-8-4-6-10/h9-10H,3-8H2,1-2H3. The summed E-state index contributed by atoms with van der Waals surface area (Å²) in [4.78, 5) is 0. The maximum absolute atomic E-state index is 11.9. The number of phosphoric ester groups is 2. The Balaban J connectivity index is 4.52. The average Bonchev–Trinajstić information content (AvgIpc) is 2.39. The van der Waals surface area contributed by atoms with Crippen LogP contribution >= 0.6 is 15.6 Å². The largest absolute Gasteiger partial charge is 0.483 e. The van der Waals surface area contributed by atoms with Crippen LogP contribution in [0.1, 0.15) is 12.8 Å². The SMILES string of the molecule is COP(=O)(OCCCO)OP(=O)(OC)OCCCO. The third kappa shape index (κ3) is 8.14. The first-order chi connectivity index (χ1) is 8.95. The van der Waals surface area contributed by atoms with E-state index >= 15 is 0 Å². The molecule has 0 aliphatic heterocycles. The Morgan fingerprint density at radius 3 is 1.47 bits per heavy atom. The monoisotopic (exact) mass is 322 g/mol. The van der Waals surface area contributed by atoms with Gasteiger partial charge in [0.15, 0.2) is 0 Å². The first-order valence-electron chi connectivity index (χ1n) is 5.49. The van der Waals surface area contributed by atoms with Crippen LogP contribution in [0.4, 0.5) is 0 Å². The third-order valence-electron chi connectivity index (χ3n) is 1.75. The van der Waals surface area contributed by atoms with Gasteiger partial charge in [0.05, 0.1) is 13.2 Å². The van der Waals surface area contributed by atoms with Crippen molar-refractivity contribution in [2.75, 3.05) is 40.6 Å². The molecule has 2 unspecified atom stereocenters. The van der Waals surface area contributed by atoms with E-state index in [1.807, 2.05) is 0 Å². The molecule has 0 amide bonds. The van der Waals surface area contributed by atoms with Crippen molar-refractivity contribution in [1.82, 2.24) is 0 Å². The topological polar surface area (TPSA) is 121 Å². The first kappa shape index (κ1) is 19.2. The molecular formula is C8H20O9P2. The molecular weight excluding hydrogens is 302 g/mol. The van der Waals surface area contributed by atoms with Gasteiger partial charge in [0.25, 0.3) is 0 Å². The average molecular weight is 322 g/mol. The van der Waals surface area contributed by atoms with Gasteiger partial charge in [0, 0.05) is 27.4 Å². The smallest absolute Gasteiger partial charge is 0.396 e. The highest BCUT2D eigenvalue weighted by molar-refractivity contribution is 7.62. The summed E-state index contributed by atoms with van der Waals surface area (Å²) >= 11 is 0. The van der Waals surface area contributed by atoms with Crippen molar-refractivity contribution in [3.05, 3.63) is 0 Å². The van der Waals surface area contributed by atoms with E-state index in [0.717, 1.165) is 14.2 Å². The lowest BCUT2D eigenvalue weighted by molar-refractivity contribution is 0.121. The normalized spacial score (nSPS) is 17.9. The van der Waals surface area contributed by atoms with Crippen molar-refractivity contribution in [3.8, 4) is 0 Å². The van der Waals surface area contributed by atoms with E-state index in [9.17, 15) is 9.13 Å². The predicted octanol–water partition coefficient (Wildman–Crippen LogP) is 1.31. The summed E-state index contributed by atoms with van der Waals surface area (Å²) in [5.41, 5.74) is 0. The van der Waals surface area contributed by atoms with Crippen LogP contribution in [0.25, 0.3) is 0 Å². The van der Waals surface area contributed by atoms with Crippen molar-refractivity contribution >= 4 is 15.6 Å². The van der Waals surface area contributed by atoms with Crippen LogP contribution in [0.2, 0.25) is 0 Å². The quantitative estimate of drug-likeness (QED) is 0.404. The van der Waals surface area contributed by atoms with E-state index in [1.165, 1.54) is 0 Å². The lowest BCUT2D eigenvalue weighted by atomic mass is 10.5. The van der Waals surface area contributed by atoms with Crippen LogP contribution in [0, 0.1) is 0 Å². The van der Waals surface area contributed by atoms with E-state index in [-0.39, 0.29) is 39.3 Å². The Labute approximate surface area is 112 Å². The second kappa shape index (κ2) is 9.99. The predicted molar refractivity (Wildman–Crippen MR) is 65.6 cm³/mol. The van der Waals surface area contributed by atoms with Crippen LogP contribution < -0.4 is 0 Å². The minimum absolute atomic E-state index is 0.109. The van der Waals surface area contributed by atoms with Gasteiger partial charge in [-0.3, -0.25) is 18.1 Å². The molecule has 0 aliphatic carbocycles. The van der Waals surface area contributed by atoms with Gasteiger partial charge in [0.2, 0.25) is 0 Å². The number of rotatable bonds is 12. The molecule has 9 nitrogen and oxygen atoms in total. The minimum Gasteiger partial charge on any atom is -0.396 e. The molecule has 2 N–H and O–H groups in total. The van der Waals surface area contributed by atoms with E-state index < -0.39 is 15.6 Å². The maximum Gasteiger partial charge on any atom is 0.483 e. The molecule has 0 aromatic rings. The highest BCUT2D eigenvalue weighted by Gasteiger charge is 2.39. The number of hydrogen-bond acceptors (Lipinski definition) is 9. The van der Waals surface area contributed by atoms with E-state index in [4.69, 9.17) is 19.3 Å². The lowest BCUT2D eigenvalue weighted by Crippen LogP contribution is -2.04. The molecule has 0 rings (SSSR count). The first-order valence-corrected chi connectivity index (χ1v) is 8.41. The van der Waals surface area contributed by atoms with Crippen LogP contribution in [-0.2, 0) is 31.5 Å². The van der Waals surface area contributed by atoms with Gasteiger partial charge < -0.3 is 10.2 Å². The van der Waals surface area contributed by atoms with Crippen molar-refractivity contribution in [2.45, 2.75) is 12.8 Å². The maximum atomic E-state index is 11.9. The number of aliphatic hydroxyl groups excluding tert-OH is 2. The van der Waals surface area contributed by atoms with Gasteiger partial charge in [-0.2, -0.15) is 4.31 Å². The van der Waals surface area contributed by atoms with Crippen LogP contribution in [0.3, 0.4) is 0 Å². The molecule has 0 radical (unpaired) electrons. The fourth-order valence-electron chi connectivity index (χ4n) is 0.823. The van der Waals surface area contributed by atoms with E-state index in [2.05, 4.69) is 13.4 Å². The molecule has 19 heavy (non-hydrogen) atoms. The minimum atomic E-state index is -4.10. The van der Waals surface area contributed by atoms with Gasteiger partial charge in [0.1, 0.15) is 0 Å². The molecule has 0 heterocycles. The number of phosphoric acid groups is 2. The molecule has 11 heteroatoms. The summed E-state index contributed by atoms with van der Waals surface area (Å²) in [5, 5.41) is 17.2. The van der Waals surface area contributed by atoms with E-state index in [0.29, 0.717) is 0 Å². The zero-order chi connectivity index (χ0) is 14.8. The number of aliphatic hydroxyl groups is 2. The zero-order valence-electron chi connectivity index (χ0n) is 10.9. The van der Waals surface area contributed by atoms with Gasteiger partial charge in [-0.05, 0) is 12.8 Å². The summed E-state index contributed by atoms with van der Waals surface area (Å²) in [5.74, 6) is 0. The van der Waals surface area contributed by atoms with Gasteiger partial charge in [-0.1, -0.05) is 0 Å². The van der Waals surface area contributed by atoms with Crippen LogP contribution in [0.15, 0.2) is 0 Å². The highest BCUT2D eigenvalue weighted by Crippen LogP contribution is 2.65. The Morgan fingerprint density at radius 2 is 1.21 bits per heavy atom. The Bertz CT molecular complexity index is 291. The molecule has 0 saturated heterocycles. The van der Waals surface area contributed by atoms with Gasteiger partial charge in [-0.15, -0.1) is 0 Å². The second-order valence-electron chi connectivity index (χ2n) is 3.16. The molecule has 0 fully saturated rings. The summed E-state index contributed by atoms with van der Waals surface area (Å²) in [6, 6.07) is 0. The molecule has 0 aromatic carbocycles. The summed E-state index contributed by atoms with van der Waals surface area (Å²) < 4.78 is 47.2. The van der Waals surface area contributed by atoms with Crippen molar-refractivity contribution in [1.29, 1.82) is 0 Å². The molecule has 0 saturated carbocycles. The molecule has 0 aromatic heterocycles. The zero-order valence-corrected chi connectivity index (χ0v) is 12.7. The second-order valence-corrected chi connectivity index (χ2v) is 6.85. The van der Waals surface area contributed by atoms with Crippen LogP contribution in [0.5, 0.6) is 0 Å². The summed E-state index contributed by atoms with van der Waals surface area (Å²) in [6.45, 7) is -0.554. The molecule has 0 aliphatic rings. The molecule has 0 spiro atoms. The van der Waals surface area contributed by atoms with Crippen LogP contribution in [-0.4, -0.2) is 50.9 Å². The van der Waals surface area contributed by atoms with Crippen molar-refractivity contribution in [3.63, 3.8) is 0 Å². The summed E-state index contributed by atoms with van der Waals surface area (Å²) in [6.07, 6.45) is 0.415. The number of hydrogen-bond donors (Lipinski definition) is 2. The molecule has 2 atom stereocenters. The third-order valence-corrected chi connectivity index (χ3v) is 5.24. The Hall–Kier alpha value is 0.180. The van der Waals surface area contributed by atoms with Gasteiger partial charge >= 0.3 is 15.6 Å². The fraction of sp³-hybridized carbons (Fsp3) is 1.00. The van der Waals surface area contributed by atoms with E-state index in [1.54, 1.807) is 0 Å². The lowest BCUT2D eigenvalue weighted by Gasteiger charge is -2.20. The molecule has 0 bridgehead atoms. The Kier molecular flexibility index (Phi) is 10.1. The van der Waals surface area contributed by atoms with Crippen molar-refractivity contribution < 1.29 is 41.7 Å². The highest BCUT2D eigenvalue weighted by atomic mass is 31.3. The molecule has 116 valence electrons. The Morgan fingerprint density at radius 1 is 0.842 bits per heavy atom. The summed E-state index contributed by atoms with van der Waals surface area (Å²) in [7, 11) is -6.11. The fourth-order valence-corrected chi connectivity index (χ4v) is 3.63. The van der Waals surface area contributed by atoms with Crippen molar-refractivity contribution in [2.24, 2.45) is 0 Å².